The molecule has 102 valence electrons. The highest BCUT2D eigenvalue weighted by Gasteiger charge is 2.20. The molecule has 0 saturated heterocycles. The number of hydrogen-bond acceptors (Lipinski definition) is 5. The van der Waals surface area contributed by atoms with Gasteiger partial charge in [-0.05, 0) is 31.2 Å². The summed E-state index contributed by atoms with van der Waals surface area (Å²) in [6.45, 7) is 1.90. The summed E-state index contributed by atoms with van der Waals surface area (Å²) < 4.78 is 5.79. The smallest absolute Gasteiger partial charge is 0.153 e. The third kappa shape index (κ3) is 2.38. The van der Waals surface area contributed by atoms with Crippen molar-refractivity contribution in [2.24, 2.45) is 4.99 Å². The van der Waals surface area contributed by atoms with Crippen LogP contribution in [0.25, 0.3) is 0 Å². The number of fused-ring (bicyclic) bond motifs is 1. The molecule has 0 amide bonds. The molecule has 0 bridgehead atoms. The van der Waals surface area contributed by atoms with E-state index in [0.29, 0.717) is 17.3 Å². The van der Waals surface area contributed by atoms with Crippen molar-refractivity contribution in [3.05, 3.63) is 42.5 Å². The molecule has 5 nitrogen and oxygen atoms in total. The first-order chi connectivity index (χ1) is 9.61. The number of phenolic OH excluding ortho intramolecular Hbond substituents is 1. The highest BCUT2D eigenvalue weighted by molar-refractivity contribution is 6.01. The van der Waals surface area contributed by atoms with Gasteiger partial charge in [0.1, 0.15) is 23.0 Å². The van der Waals surface area contributed by atoms with Gasteiger partial charge in [-0.15, -0.1) is 0 Å². The minimum Gasteiger partial charge on any atom is -0.508 e. The Kier molecular flexibility index (Phi) is 2.95. The van der Waals surface area contributed by atoms with Crippen LogP contribution in [0.3, 0.4) is 0 Å². The molecule has 0 spiro atoms. The van der Waals surface area contributed by atoms with Crippen LogP contribution < -0.4 is 15.8 Å². The van der Waals surface area contributed by atoms with Crippen LogP contribution in [-0.4, -0.2) is 17.0 Å². The summed E-state index contributed by atoms with van der Waals surface area (Å²) in [7, 11) is 0. The zero-order valence-corrected chi connectivity index (χ0v) is 11.0. The van der Waals surface area contributed by atoms with Gasteiger partial charge in [-0.3, -0.25) is 0 Å². The van der Waals surface area contributed by atoms with Gasteiger partial charge in [0.05, 0.1) is 0 Å². The maximum atomic E-state index is 9.47. The fourth-order valence-electron chi connectivity index (χ4n) is 2.05. The van der Waals surface area contributed by atoms with Crippen LogP contribution in [0.5, 0.6) is 11.5 Å². The third-order valence-electron chi connectivity index (χ3n) is 3.03. The molecule has 2 aromatic carbocycles. The van der Waals surface area contributed by atoms with E-state index in [4.69, 9.17) is 10.5 Å². The van der Waals surface area contributed by atoms with Crippen molar-refractivity contribution in [2.45, 2.75) is 13.0 Å². The Bertz CT molecular complexity index is 683. The number of ether oxygens (including phenoxy) is 1. The summed E-state index contributed by atoms with van der Waals surface area (Å²) >= 11 is 0. The topological polar surface area (TPSA) is 79.9 Å². The Balaban J connectivity index is 1.91. The van der Waals surface area contributed by atoms with E-state index < -0.39 is 0 Å². The molecule has 2 aromatic rings. The molecule has 0 radical (unpaired) electrons. The summed E-state index contributed by atoms with van der Waals surface area (Å²) in [5, 5.41) is 12.6. The van der Waals surface area contributed by atoms with Gasteiger partial charge in [0.15, 0.2) is 6.10 Å². The van der Waals surface area contributed by atoms with E-state index in [0.717, 1.165) is 11.4 Å². The van der Waals surface area contributed by atoms with Crippen LogP contribution >= 0.6 is 0 Å². The Labute approximate surface area is 116 Å². The van der Waals surface area contributed by atoms with E-state index in [1.165, 1.54) is 0 Å². The first-order valence-electron chi connectivity index (χ1n) is 6.32. The van der Waals surface area contributed by atoms with Crippen molar-refractivity contribution in [3.8, 4) is 11.5 Å². The summed E-state index contributed by atoms with van der Waals surface area (Å²) in [6.07, 6.45) is -0.216. The van der Waals surface area contributed by atoms with Crippen molar-refractivity contribution in [3.63, 3.8) is 0 Å². The molecule has 20 heavy (non-hydrogen) atoms. The maximum Gasteiger partial charge on any atom is 0.153 e. The first-order valence-corrected chi connectivity index (χ1v) is 6.32. The second kappa shape index (κ2) is 4.77. The number of aliphatic imine (C=N–C) groups is 1. The molecule has 0 aromatic heterocycles. The van der Waals surface area contributed by atoms with E-state index in [-0.39, 0.29) is 11.9 Å². The van der Waals surface area contributed by atoms with Gasteiger partial charge in [0.2, 0.25) is 0 Å². The SMILES string of the molecule is CC1Oc2cc(N)ccc2N=C1Nc1cccc(O)c1. The number of hydrogen-bond donors (Lipinski definition) is 3. The second-order valence-corrected chi connectivity index (χ2v) is 4.66. The van der Waals surface area contributed by atoms with E-state index in [9.17, 15) is 5.11 Å². The zero-order chi connectivity index (χ0) is 14.1. The quantitative estimate of drug-likeness (QED) is 0.695. The van der Waals surface area contributed by atoms with Crippen LogP contribution in [-0.2, 0) is 0 Å². The fourth-order valence-corrected chi connectivity index (χ4v) is 2.05. The van der Waals surface area contributed by atoms with Crippen molar-refractivity contribution in [1.29, 1.82) is 0 Å². The van der Waals surface area contributed by atoms with Gasteiger partial charge < -0.3 is 20.9 Å². The number of nitrogens with two attached hydrogens (primary N) is 1. The number of rotatable bonds is 1. The molecule has 1 unspecified atom stereocenters. The number of nitrogens with zero attached hydrogens (tertiary/aromatic N) is 1. The van der Waals surface area contributed by atoms with E-state index >= 15 is 0 Å². The fraction of sp³-hybridized carbons (Fsp3) is 0.133. The Hall–Kier alpha value is -2.69. The lowest BCUT2D eigenvalue weighted by atomic mass is 10.2. The van der Waals surface area contributed by atoms with E-state index in [1.807, 2.05) is 19.1 Å². The lowest BCUT2D eigenvalue weighted by Crippen LogP contribution is -2.32. The number of amidine groups is 1. The minimum absolute atomic E-state index is 0.202. The van der Waals surface area contributed by atoms with E-state index in [1.54, 1.807) is 30.3 Å². The largest absolute Gasteiger partial charge is 0.508 e. The van der Waals surface area contributed by atoms with Crippen molar-refractivity contribution >= 4 is 22.9 Å². The number of benzene rings is 2. The lowest BCUT2D eigenvalue weighted by molar-refractivity contribution is 0.283. The average Bonchev–Trinajstić information content (AvgIpc) is 2.40. The third-order valence-corrected chi connectivity index (χ3v) is 3.03. The van der Waals surface area contributed by atoms with Gasteiger partial charge in [-0.1, -0.05) is 6.07 Å². The predicted molar refractivity (Wildman–Crippen MR) is 79.8 cm³/mol. The highest BCUT2D eigenvalue weighted by Crippen LogP contribution is 2.34. The summed E-state index contributed by atoms with van der Waals surface area (Å²) in [5.41, 5.74) is 7.88. The van der Waals surface area contributed by atoms with Crippen LogP contribution in [0.15, 0.2) is 47.5 Å². The first kappa shape index (κ1) is 12.3. The summed E-state index contributed by atoms with van der Waals surface area (Å²) in [5.74, 6) is 1.57. The van der Waals surface area contributed by atoms with E-state index in [2.05, 4.69) is 10.3 Å². The number of phenols is 1. The molecular formula is C15H15N3O2. The molecule has 3 rings (SSSR count). The standard InChI is InChI=1S/C15H15N3O2/c1-9-15(17-11-3-2-4-12(19)8-11)18-13-6-5-10(16)7-14(13)20-9/h2-9,19H,16H2,1H3,(H,17,18). The zero-order valence-electron chi connectivity index (χ0n) is 11.0. The van der Waals surface area contributed by atoms with Crippen molar-refractivity contribution in [2.75, 3.05) is 11.1 Å². The Morgan fingerprint density at radius 1 is 1.25 bits per heavy atom. The van der Waals surface area contributed by atoms with Gasteiger partial charge >= 0.3 is 0 Å². The van der Waals surface area contributed by atoms with Gasteiger partial charge in [0.25, 0.3) is 0 Å². The normalized spacial score (nSPS) is 16.9. The van der Waals surface area contributed by atoms with Crippen LogP contribution in [0.2, 0.25) is 0 Å². The van der Waals surface area contributed by atoms with Gasteiger partial charge in [-0.2, -0.15) is 0 Å². The molecule has 0 aliphatic carbocycles. The molecule has 1 heterocycles. The van der Waals surface area contributed by atoms with Crippen LogP contribution in [0, 0.1) is 0 Å². The molecule has 1 atom stereocenters. The van der Waals surface area contributed by atoms with Crippen LogP contribution in [0.4, 0.5) is 17.1 Å². The number of anilines is 2. The average molecular weight is 269 g/mol. The van der Waals surface area contributed by atoms with Crippen molar-refractivity contribution in [1.82, 2.24) is 0 Å². The molecular weight excluding hydrogens is 254 g/mol. The summed E-state index contributed by atoms with van der Waals surface area (Å²) in [4.78, 5) is 4.54. The number of aromatic hydroxyl groups is 1. The predicted octanol–water partition coefficient (Wildman–Crippen LogP) is 2.90. The number of nitrogen functional groups attached to an aromatic ring is 1. The molecule has 4 N–H and O–H groups in total. The Morgan fingerprint density at radius 2 is 2.10 bits per heavy atom. The summed E-state index contributed by atoms with van der Waals surface area (Å²) in [6, 6.07) is 12.2. The van der Waals surface area contributed by atoms with Crippen LogP contribution in [0.1, 0.15) is 6.92 Å². The highest BCUT2D eigenvalue weighted by atomic mass is 16.5. The maximum absolute atomic E-state index is 9.47. The lowest BCUT2D eigenvalue weighted by Gasteiger charge is -2.24. The van der Waals surface area contributed by atoms with Crippen molar-refractivity contribution < 1.29 is 9.84 Å². The molecule has 1 aliphatic heterocycles. The van der Waals surface area contributed by atoms with Gasteiger partial charge in [-0.25, -0.2) is 4.99 Å². The molecule has 1 aliphatic rings. The minimum atomic E-state index is -0.216. The molecule has 0 saturated carbocycles. The van der Waals surface area contributed by atoms with Gasteiger partial charge in [0, 0.05) is 23.5 Å². The Morgan fingerprint density at radius 3 is 2.90 bits per heavy atom. The monoisotopic (exact) mass is 269 g/mol. The molecule has 0 fully saturated rings. The number of nitrogens with one attached hydrogen (secondary N) is 1. The molecule has 5 heteroatoms. The second-order valence-electron chi connectivity index (χ2n) is 4.66.